The Kier molecular flexibility index (Phi) is 5.35. The first-order valence-electron chi connectivity index (χ1n) is 9.16. The SMILES string of the molecule is COc1cc(/C=C2\SC(=O)N(Cc3ccc4ccccc4c3)C2=O)cc([N+](=O)[O-])c1O. The topological polar surface area (TPSA) is 110 Å². The Bertz CT molecular complexity index is 1270. The standard InChI is InChI=1S/C22H16N2O6S/c1-30-18-10-14(9-17(20(18)25)24(28)29)11-19-21(26)23(22(27)31-19)12-13-6-7-15-4-2-3-5-16(15)8-13/h2-11,25H,12H2,1H3/b19-11-. The van der Waals surface area contributed by atoms with Crippen LogP contribution in [0.2, 0.25) is 0 Å². The lowest BCUT2D eigenvalue weighted by atomic mass is 10.1. The number of phenols is 1. The van der Waals surface area contributed by atoms with Crippen LogP contribution in [-0.2, 0) is 11.3 Å². The molecule has 2 amide bonds. The number of carbonyl (C=O) groups excluding carboxylic acids is 2. The predicted octanol–water partition coefficient (Wildman–Crippen LogP) is 4.70. The molecule has 8 nitrogen and oxygen atoms in total. The summed E-state index contributed by atoms with van der Waals surface area (Å²) < 4.78 is 4.97. The molecule has 0 aliphatic carbocycles. The highest BCUT2D eigenvalue weighted by molar-refractivity contribution is 8.18. The Morgan fingerprint density at radius 2 is 1.87 bits per heavy atom. The number of nitrogens with zero attached hydrogens (tertiary/aromatic N) is 2. The Morgan fingerprint density at radius 3 is 2.58 bits per heavy atom. The van der Waals surface area contributed by atoms with Gasteiger partial charge in [-0.15, -0.1) is 0 Å². The molecule has 0 unspecified atom stereocenters. The van der Waals surface area contributed by atoms with Gasteiger partial charge >= 0.3 is 5.69 Å². The summed E-state index contributed by atoms with van der Waals surface area (Å²) in [6.07, 6.45) is 1.38. The number of fused-ring (bicyclic) bond motifs is 1. The van der Waals surface area contributed by atoms with E-state index in [1.807, 2.05) is 42.5 Å². The van der Waals surface area contributed by atoms with Crippen molar-refractivity contribution < 1.29 is 24.4 Å². The van der Waals surface area contributed by atoms with E-state index in [1.54, 1.807) is 0 Å². The van der Waals surface area contributed by atoms with Crippen molar-refractivity contribution in [3.8, 4) is 11.5 Å². The number of hydrogen-bond donors (Lipinski definition) is 1. The number of amides is 2. The molecule has 0 spiro atoms. The minimum absolute atomic E-state index is 0.101. The number of nitro groups is 1. The molecule has 1 saturated heterocycles. The van der Waals surface area contributed by atoms with E-state index in [0.29, 0.717) is 0 Å². The number of ether oxygens (including phenoxy) is 1. The Labute approximate surface area is 180 Å². The van der Waals surface area contributed by atoms with Crippen molar-refractivity contribution in [2.24, 2.45) is 0 Å². The summed E-state index contributed by atoms with van der Waals surface area (Å²) in [5, 5.41) is 22.7. The van der Waals surface area contributed by atoms with Crippen molar-refractivity contribution in [1.29, 1.82) is 0 Å². The van der Waals surface area contributed by atoms with Crippen molar-refractivity contribution in [3.63, 3.8) is 0 Å². The fourth-order valence-corrected chi connectivity index (χ4v) is 4.14. The van der Waals surface area contributed by atoms with E-state index in [9.17, 15) is 24.8 Å². The van der Waals surface area contributed by atoms with Gasteiger partial charge in [-0.3, -0.25) is 24.6 Å². The molecule has 0 saturated carbocycles. The number of methoxy groups -OCH3 is 1. The van der Waals surface area contributed by atoms with E-state index in [-0.39, 0.29) is 22.8 Å². The second-order valence-electron chi connectivity index (χ2n) is 6.80. The van der Waals surface area contributed by atoms with Gasteiger partial charge in [0.2, 0.25) is 5.75 Å². The summed E-state index contributed by atoms with van der Waals surface area (Å²) in [7, 11) is 1.26. The van der Waals surface area contributed by atoms with Gasteiger partial charge in [0, 0.05) is 6.07 Å². The van der Waals surface area contributed by atoms with Gasteiger partial charge in [0.05, 0.1) is 23.5 Å². The van der Waals surface area contributed by atoms with Crippen LogP contribution in [0.4, 0.5) is 10.5 Å². The lowest BCUT2D eigenvalue weighted by molar-refractivity contribution is -0.386. The molecule has 1 heterocycles. The van der Waals surface area contributed by atoms with Gasteiger partial charge in [0.25, 0.3) is 11.1 Å². The zero-order chi connectivity index (χ0) is 22.1. The van der Waals surface area contributed by atoms with E-state index < -0.39 is 27.5 Å². The number of hydrogen-bond acceptors (Lipinski definition) is 7. The van der Waals surface area contributed by atoms with Gasteiger partial charge in [-0.05, 0) is 51.9 Å². The molecule has 156 valence electrons. The zero-order valence-corrected chi connectivity index (χ0v) is 17.1. The van der Waals surface area contributed by atoms with E-state index in [1.165, 1.54) is 19.3 Å². The lowest BCUT2D eigenvalue weighted by Crippen LogP contribution is -2.27. The van der Waals surface area contributed by atoms with Crippen LogP contribution in [0.1, 0.15) is 11.1 Å². The van der Waals surface area contributed by atoms with Crippen LogP contribution < -0.4 is 4.74 Å². The second-order valence-corrected chi connectivity index (χ2v) is 7.79. The van der Waals surface area contributed by atoms with Crippen molar-refractivity contribution in [2.75, 3.05) is 7.11 Å². The van der Waals surface area contributed by atoms with E-state index >= 15 is 0 Å². The number of rotatable bonds is 5. The van der Waals surface area contributed by atoms with Gasteiger partial charge in [-0.2, -0.15) is 0 Å². The minimum atomic E-state index is -0.749. The molecule has 0 atom stereocenters. The van der Waals surface area contributed by atoms with Crippen molar-refractivity contribution in [2.45, 2.75) is 6.54 Å². The molecule has 3 aromatic rings. The van der Waals surface area contributed by atoms with Crippen LogP contribution in [0.3, 0.4) is 0 Å². The summed E-state index contributed by atoms with van der Waals surface area (Å²) in [6, 6.07) is 16.0. The van der Waals surface area contributed by atoms with E-state index in [4.69, 9.17) is 4.74 Å². The number of benzene rings is 3. The summed E-state index contributed by atoms with van der Waals surface area (Å²) in [6.45, 7) is 0.117. The molecule has 0 bridgehead atoms. The smallest absolute Gasteiger partial charge is 0.315 e. The molecule has 9 heteroatoms. The predicted molar refractivity (Wildman–Crippen MR) is 117 cm³/mol. The normalized spacial score (nSPS) is 15.1. The average Bonchev–Trinajstić information content (AvgIpc) is 3.01. The van der Waals surface area contributed by atoms with Gasteiger partial charge in [0.15, 0.2) is 5.75 Å². The maximum Gasteiger partial charge on any atom is 0.315 e. The van der Waals surface area contributed by atoms with E-state index in [0.717, 1.165) is 39.1 Å². The molecular weight excluding hydrogens is 420 g/mol. The number of nitro benzene ring substituents is 1. The van der Waals surface area contributed by atoms with Crippen LogP contribution in [0.25, 0.3) is 16.8 Å². The highest BCUT2D eigenvalue weighted by atomic mass is 32.2. The van der Waals surface area contributed by atoms with Crippen LogP contribution in [0, 0.1) is 10.1 Å². The molecule has 0 aromatic heterocycles. The lowest BCUT2D eigenvalue weighted by Gasteiger charge is -2.13. The summed E-state index contributed by atoms with van der Waals surface area (Å²) in [5.74, 6) is -1.19. The number of carbonyl (C=O) groups is 2. The Balaban J connectivity index is 1.62. The first-order valence-corrected chi connectivity index (χ1v) is 9.97. The molecule has 3 aromatic carbocycles. The highest BCUT2D eigenvalue weighted by Gasteiger charge is 2.35. The molecule has 1 N–H and O–H groups in total. The quantitative estimate of drug-likeness (QED) is 0.351. The third kappa shape index (κ3) is 3.95. The maximum absolute atomic E-state index is 12.8. The largest absolute Gasteiger partial charge is 0.500 e. The number of imide groups is 1. The number of aromatic hydroxyl groups is 1. The molecular formula is C22H16N2O6S. The summed E-state index contributed by atoms with van der Waals surface area (Å²) in [5.41, 5.74) is 0.516. The number of thioether (sulfide) groups is 1. The van der Waals surface area contributed by atoms with Crippen LogP contribution in [-0.4, -0.2) is 33.2 Å². The molecule has 1 aliphatic heterocycles. The van der Waals surface area contributed by atoms with Gasteiger partial charge in [-0.1, -0.05) is 36.4 Å². The highest BCUT2D eigenvalue weighted by Crippen LogP contribution is 2.39. The molecule has 31 heavy (non-hydrogen) atoms. The van der Waals surface area contributed by atoms with Gasteiger partial charge in [0.1, 0.15) is 0 Å². The molecule has 4 rings (SSSR count). The molecule has 1 aliphatic rings. The van der Waals surface area contributed by atoms with Crippen molar-refractivity contribution >= 4 is 45.4 Å². The molecule has 0 radical (unpaired) electrons. The Morgan fingerprint density at radius 1 is 1.13 bits per heavy atom. The van der Waals surface area contributed by atoms with Crippen LogP contribution in [0.5, 0.6) is 11.5 Å². The van der Waals surface area contributed by atoms with Crippen LogP contribution >= 0.6 is 11.8 Å². The summed E-state index contributed by atoms with van der Waals surface area (Å²) >= 11 is 0.757. The minimum Gasteiger partial charge on any atom is -0.500 e. The van der Waals surface area contributed by atoms with Gasteiger partial charge in [-0.25, -0.2) is 0 Å². The second kappa shape index (κ2) is 8.11. The number of phenolic OH excluding ortho intramolecular Hbond substituents is 1. The fraction of sp³-hybridized carbons (Fsp3) is 0.0909. The fourth-order valence-electron chi connectivity index (χ4n) is 3.30. The monoisotopic (exact) mass is 436 g/mol. The van der Waals surface area contributed by atoms with Crippen molar-refractivity contribution in [1.82, 2.24) is 4.90 Å². The van der Waals surface area contributed by atoms with Gasteiger partial charge < -0.3 is 9.84 Å². The average molecular weight is 436 g/mol. The summed E-state index contributed by atoms with van der Waals surface area (Å²) in [4.78, 5) is 37.0. The third-order valence-electron chi connectivity index (χ3n) is 4.82. The first kappa shape index (κ1) is 20.4. The van der Waals surface area contributed by atoms with Crippen LogP contribution in [0.15, 0.2) is 59.5 Å². The first-order chi connectivity index (χ1) is 14.9. The Hall–Kier alpha value is -3.85. The molecule has 1 fully saturated rings. The maximum atomic E-state index is 12.8. The van der Waals surface area contributed by atoms with E-state index in [2.05, 4.69) is 0 Å². The van der Waals surface area contributed by atoms with Crippen molar-refractivity contribution in [3.05, 3.63) is 80.7 Å². The zero-order valence-electron chi connectivity index (χ0n) is 16.3. The third-order valence-corrected chi connectivity index (χ3v) is 5.73.